The Bertz CT molecular complexity index is 597. The van der Waals surface area contributed by atoms with E-state index in [0.29, 0.717) is 17.2 Å². The van der Waals surface area contributed by atoms with Crippen LogP contribution in [0, 0.1) is 18.3 Å². The third kappa shape index (κ3) is 1.73. The van der Waals surface area contributed by atoms with Gasteiger partial charge in [0.25, 0.3) is 0 Å². The van der Waals surface area contributed by atoms with Gasteiger partial charge < -0.3 is 4.90 Å². The van der Waals surface area contributed by atoms with Gasteiger partial charge in [-0.05, 0) is 63.0 Å². The Kier molecular flexibility index (Phi) is 2.28. The van der Waals surface area contributed by atoms with Gasteiger partial charge >= 0.3 is 0 Å². The number of nitrogens with zero attached hydrogens (tertiary/aromatic N) is 1. The lowest BCUT2D eigenvalue weighted by Crippen LogP contribution is -2.52. The Morgan fingerprint density at radius 3 is 2.65 bits per heavy atom. The molecule has 1 heterocycles. The summed E-state index contributed by atoms with van der Waals surface area (Å²) in [5.74, 6) is 0.757. The van der Waals surface area contributed by atoms with Crippen molar-refractivity contribution in [2.24, 2.45) is 11.3 Å². The van der Waals surface area contributed by atoms with Gasteiger partial charge in [-0.1, -0.05) is 23.8 Å². The molecule has 20 heavy (non-hydrogen) atoms. The normalized spacial score (nSPS) is 28.1. The van der Waals surface area contributed by atoms with Gasteiger partial charge in [-0.15, -0.1) is 0 Å². The molecule has 1 aromatic rings. The maximum absolute atomic E-state index is 12.9. The fraction of sp³-hybridized carbons (Fsp3) is 0.611. The molecule has 0 saturated heterocycles. The summed E-state index contributed by atoms with van der Waals surface area (Å²) in [6.07, 6.45) is 4.70. The second-order valence-electron chi connectivity index (χ2n) is 7.80. The number of hydrogen-bond donors (Lipinski definition) is 0. The van der Waals surface area contributed by atoms with E-state index in [0.717, 1.165) is 19.4 Å². The lowest BCUT2D eigenvalue weighted by Gasteiger charge is -2.43. The second kappa shape index (κ2) is 3.66. The van der Waals surface area contributed by atoms with E-state index in [1.807, 2.05) is 0 Å². The van der Waals surface area contributed by atoms with Crippen LogP contribution in [0.3, 0.4) is 0 Å². The van der Waals surface area contributed by atoms with E-state index in [1.165, 1.54) is 29.5 Å². The van der Waals surface area contributed by atoms with Gasteiger partial charge in [-0.25, -0.2) is 0 Å². The van der Waals surface area contributed by atoms with Crippen LogP contribution in [-0.4, -0.2) is 16.3 Å². The van der Waals surface area contributed by atoms with Crippen LogP contribution in [0.25, 0.3) is 0 Å². The predicted molar refractivity (Wildman–Crippen MR) is 79.3 cm³/mol. The minimum atomic E-state index is -0.0436. The van der Waals surface area contributed by atoms with Crippen LogP contribution in [-0.2, 0) is 17.8 Å². The molecular formula is C18H23NO. The minimum Gasteiger partial charge on any atom is -0.333 e. The van der Waals surface area contributed by atoms with E-state index in [-0.39, 0.29) is 5.54 Å². The molecule has 1 unspecified atom stereocenters. The molecule has 4 rings (SSSR count). The molecule has 2 fully saturated rings. The summed E-state index contributed by atoms with van der Waals surface area (Å²) in [6, 6.07) is 6.69. The van der Waals surface area contributed by atoms with Crippen molar-refractivity contribution in [2.45, 2.75) is 58.5 Å². The highest BCUT2D eigenvalue weighted by Crippen LogP contribution is 2.71. The van der Waals surface area contributed by atoms with Crippen LogP contribution in [0.5, 0.6) is 0 Å². The number of rotatable bonds is 1. The summed E-state index contributed by atoms with van der Waals surface area (Å²) in [4.78, 5) is 15.0. The highest BCUT2D eigenvalue weighted by atomic mass is 16.2. The first-order chi connectivity index (χ1) is 9.41. The van der Waals surface area contributed by atoms with E-state index >= 15 is 0 Å². The lowest BCUT2D eigenvalue weighted by molar-refractivity contribution is -0.140. The van der Waals surface area contributed by atoms with Crippen LogP contribution < -0.4 is 0 Å². The topological polar surface area (TPSA) is 20.3 Å². The van der Waals surface area contributed by atoms with E-state index in [2.05, 4.69) is 43.9 Å². The highest BCUT2D eigenvalue weighted by molar-refractivity contribution is 5.84. The van der Waals surface area contributed by atoms with Gasteiger partial charge in [0, 0.05) is 18.0 Å². The Hall–Kier alpha value is -1.31. The molecule has 1 aliphatic heterocycles. The van der Waals surface area contributed by atoms with Gasteiger partial charge in [-0.3, -0.25) is 4.79 Å². The molecule has 106 valence electrons. The summed E-state index contributed by atoms with van der Waals surface area (Å²) in [7, 11) is 0. The molecule has 3 aliphatic rings. The van der Waals surface area contributed by atoms with Gasteiger partial charge in [0.2, 0.25) is 5.91 Å². The fourth-order valence-electron chi connectivity index (χ4n) is 3.99. The quantitative estimate of drug-likeness (QED) is 0.764. The van der Waals surface area contributed by atoms with Crippen LogP contribution in [0.2, 0.25) is 0 Å². The van der Waals surface area contributed by atoms with Gasteiger partial charge in [-0.2, -0.15) is 0 Å². The summed E-state index contributed by atoms with van der Waals surface area (Å²) in [6.45, 7) is 7.37. The minimum absolute atomic E-state index is 0.0436. The summed E-state index contributed by atoms with van der Waals surface area (Å²) >= 11 is 0. The molecule has 0 N–H and O–H groups in total. The Morgan fingerprint density at radius 1 is 1.25 bits per heavy atom. The molecule has 1 aromatic carbocycles. The molecule has 1 spiro atoms. The van der Waals surface area contributed by atoms with Crippen molar-refractivity contribution in [1.29, 1.82) is 0 Å². The zero-order chi connectivity index (χ0) is 14.1. The average Bonchev–Trinajstić information content (AvgIpc) is 3.29. The molecule has 1 amide bonds. The molecular weight excluding hydrogens is 246 g/mol. The van der Waals surface area contributed by atoms with Gasteiger partial charge in [0.15, 0.2) is 0 Å². The standard InChI is InChI=1S/C18H23NO/c1-12-4-5-13-9-17(2,3)19(11-14(13)8-12)16(20)15-10-18(15)6-7-18/h4-5,8,15H,6-7,9-11H2,1-3H3. The molecule has 1 atom stereocenters. The highest BCUT2D eigenvalue weighted by Gasteiger charge is 2.67. The number of hydrogen-bond acceptors (Lipinski definition) is 1. The third-order valence-corrected chi connectivity index (χ3v) is 5.69. The van der Waals surface area contributed by atoms with E-state index in [9.17, 15) is 4.79 Å². The molecule has 0 radical (unpaired) electrons. The predicted octanol–water partition coefficient (Wildman–Crippen LogP) is 3.46. The number of carbonyl (C=O) groups is 1. The fourth-order valence-corrected chi connectivity index (χ4v) is 3.99. The maximum atomic E-state index is 12.9. The van der Waals surface area contributed by atoms with Crippen LogP contribution in [0.15, 0.2) is 18.2 Å². The summed E-state index contributed by atoms with van der Waals surface area (Å²) < 4.78 is 0. The van der Waals surface area contributed by atoms with Crippen molar-refractivity contribution in [1.82, 2.24) is 4.90 Å². The molecule has 2 aliphatic carbocycles. The smallest absolute Gasteiger partial charge is 0.227 e. The third-order valence-electron chi connectivity index (χ3n) is 5.69. The molecule has 0 aromatic heterocycles. The van der Waals surface area contributed by atoms with Crippen molar-refractivity contribution < 1.29 is 4.79 Å². The summed E-state index contributed by atoms with van der Waals surface area (Å²) in [5, 5.41) is 0. The van der Waals surface area contributed by atoms with Gasteiger partial charge in [0.1, 0.15) is 0 Å². The first-order valence-electron chi connectivity index (χ1n) is 7.81. The maximum Gasteiger partial charge on any atom is 0.227 e. The van der Waals surface area contributed by atoms with Crippen molar-refractivity contribution in [3.8, 4) is 0 Å². The molecule has 0 bridgehead atoms. The van der Waals surface area contributed by atoms with Crippen LogP contribution in [0.1, 0.15) is 49.8 Å². The number of carbonyl (C=O) groups excluding carboxylic acids is 1. The molecule has 2 saturated carbocycles. The zero-order valence-electron chi connectivity index (χ0n) is 12.7. The largest absolute Gasteiger partial charge is 0.333 e. The molecule has 2 nitrogen and oxygen atoms in total. The average molecular weight is 269 g/mol. The van der Waals surface area contributed by atoms with E-state index in [1.54, 1.807) is 0 Å². The number of benzene rings is 1. The van der Waals surface area contributed by atoms with E-state index < -0.39 is 0 Å². The first kappa shape index (κ1) is 12.4. The Balaban J connectivity index is 1.64. The summed E-state index contributed by atoms with van der Waals surface area (Å²) in [5.41, 5.74) is 4.48. The van der Waals surface area contributed by atoms with Crippen LogP contribution >= 0.6 is 0 Å². The number of fused-ring (bicyclic) bond motifs is 1. The van der Waals surface area contributed by atoms with E-state index in [4.69, 9.17) is 0 Å². The molecule has 2 heteroatoms. The van der Waals surface area contributed by atoms with Crippen LogP contribution in [0.4, 0.5) is 0 Å². The number of amides is 1. The van der Waals surface area contributed by atoms with Crippen molar-refractivity contribution in [2.75, 3.05) is 0 Å². The van der Waals surface area contributed by atoms with Gasteiger partial charge in [0.05, 0.1) is 0 Å². The first-order valence-corrected chi connectivity index (χ1v) is 7.81. The van der Waals surface area contributed by atoms with Crippen molar-refractivity contribution >= 4 is 5.91 Å². The number of aryl methyl sites for hydroxylation is 1. The Labute approximate surface area is 121 Å². The van der Waals surface area contributed by atoms with Crippen molar-refractivity contribution in [3.63, 3.8) is 0 Å². The lowest BCUT2D eigenvalue weighted by atomic mass is 9.84. The Morgan fingerprint density at radius 2 is 2.00 bits per heavy atom. The monoisotopic (exact) mass is 269 g/mol. The van der Waals surface area contributed by atoms with Crippen molar-refractivity contribution in [3.05, 3.63) is 34.9 Å². The zero-order valence-corrected chi connectivity index (χ0v) is 12.7. The SMILES string of the molecule is Cc1ccc2c(c1)CN(C(=O)C1CC13CC3)C(C)(C)C2. The second-order valence-corrected chi connectivity index (χ2v) is 7.80.